The topological polar surface area (TPSA) is 116 Å². The molecule has 2 N–H and O–H groups in total. The quantitative estimate of drug-likeness (QED) is 0.263. The van der Waals surface area contributed by atoms with Crippen molar-refractivity contribution >= 4 is 27.4 Å². The van der Waals surface area contributed by atoms with E-state index in [1.165, 1.54) is 31.4 Å². The average Bonchev–Trinajstić information content (AvgIpc) is 2.83. The molecule has 0 radical (unpaired) electrons. The van der Waals surface area contributed by atoms with Crippen LogP contribution in [0.1, 0.15) is 34.0 Å². The van der Waals surface area contributed by atoms with Crippen molar-refractivity contribution in [1.29, 1.82) is 0 Å². The number of rotatable bonds is 11. The Labute approximate surface area is 232 Å². The first kappa shape index (κ1) is 29.3. The molecule has 0 saturated heterocycles. The minimum atomic E-state index is -3.90. The minimum Gasteiger partial charge on any atom is -0.545 e. The molecule has 0 unspecified atom stereocenters. The van der Waals surface area contributed by atoms with E-state index < -0.39 is 21.9 Å². The van der Waals surface area contributed by atoms with E-state index in [4.69, 9.17) is 16.3 Å². The van der Waals surface area contributed by atoms with E-state index in [1.807, 2.05) is 6.07 Å². The Balaban J connectivity index is 0.00000432. The Bertz CT molecular complexity index is 1250. The van der Waals surface area contributed by atoms with Gasteiger partial charge in [0.05, 0.1) is 29.0 Å². The summed E-state index contributed by atoms with van der Waals surface area (Å²) in [4.78, 5) is 11.2. The molecule has 0 aromatic heterocycles. The van der Waals surface area contributed by atoms with Gasteiger partial charge < -0.3 is 25.1 Å². The molecule has 0 spiro atoms. The molecule has 3 rings (SSSR count). The maximum Gasteiger partial charge on any atom is 1.00 e. The number of halogens is 1. The number of aliphatic hydroxyl groups excluding tert-OH is 1. The Kier molecular flexibility index (Phi) is 11.2. The number of hydrogen-bond donors (Lipinski definition) is 2. The number of ether oxygens (including phenoxy) is 1. The molecule has 3 aromatic carbocycles. The first-order chi connectivity index (χ1) is 16.2. The zero-order chi connectivity index (χ0) is 24.7. The van der Waals surface area contributed by atoms with Crippen molar-refractivity contribution in [3.8, 4) is 5.75 Å². The minimum absolute atomic E-state index is 0. The van der Waals surface area contributed by atoms with Gasteiger partial charge in [0.25, 0.3) is 0 Å². The Hall–Kier alpha value is -1.91. The summed E-state index contributed by atoms with van der Waals surface area (Å²) in [6.45, 7) is 1.07. The van der Waals surface area contributed by atoms with Crippen LogP contribution in [0.5, 0.6) is 5.75 Å². The van der Waals surface area contributed by atoms with Gasteiger partial charge in [0.1, 0.15) is 5.75 Å². The summed E-state index contributed by atoms with van der Waals surface area (Å²) in [6.07, 6.45) is 0.860. The SMILES string of the molecule is COc1ccc(S(=O)(=O)c2ccc(CCCNC[C@H](O)c3cccc(Cl)c3)cc2)cc1C(=O)[O-].[Na+]. The van der Waals surface area contributed by atoms with Crippen LogP contribution in [0.2, 0.25) is 5.02 Å². The predicted molar refractivity (Wildman–Crippen MR) is 127 cm³/mol. The van der Waals surface area contributed by atoms with Crippen LogP contribution in [0, 0.1) is 0 Å². The van der Waals surface area contributed by atoms with Crippen LogP contribution in [0.15, 0.2) is 76.5 Å². The van der Waals surface area contributed by atoms with E-state index in [9.17, 15) is 23.4 Å². The second-order valence-electron chi connectivity index (χ2n) is 7.68. The third kappa shape index (κ3) is 7.79. The zero-order valence-corrected chi connectivity index (χ0v) is 23.1. The summed E-state index contributed by atoms with van der Waals surface area (Å²) in [5.41, 5.74) is 1.38. The first-order valence-electron chi connectivity index (χ1n) is 10.6. The van der Waals surface area contributed by atoms with Crippen molar-refractivity contribution < 1.29 is 57.7 Å². The molecule has 0 saturated carbocycles. The van der Waals surface area contributed by atoms with Crippen LogP contribution in [-0.4, -0.2) is 39.7 Å². The number of benzene rings is 3. The molecular formula is C25H25ClNNaO6S. The molecule has 10 heteroatoms. The number of aromatic carboxylic acids is 1. The number of nitrogens with one attached hydrogen (secondary N) is 1. The van der Waals surface area contributed by atoms with Crippen LogP contribution >= 0.6 is 11.6 Å². The molecule has 180 valence electrons. The molecule has 0 aliphatic rings. The van der Waals surface area contributed by atoms with E-state index in [0.29, 0.717) is 18.1 Å². The van der Waals surface area contributed by atoms with E-state index in [2.05, 4.69) is 5.32 Å². The number of carbonyl (C=O) groups excluding carboxylic acids is 1. The predicted octanol–water partition coefficient (Wildman–Crippen LogP) is -0.195. The van der Waals surface area contributed by atoms with Gasteiger partial charge in [-0.1, -0.05) is 35.9 Å². The van der Waals surface area contributed by atoms with Crippen LogP contribution < -0.4 is 44.7 Å². The van der Waals surface area contributed by atoms with Gasteiger partial charge in [-0.25, -0.2) is 8.42 Å². The molecule has 1 atom stereocenters. The fourth-order valence-corrected chi connectivity index (χ4v) is 4.96. The maximum atomic E-state index is 12.9. The molecule has 0 amide bonds. The molecule has 0 aliphatic carbocycles. The molecule has 0 bridgehead atoms. The monoisotopic (exact) mass is 525 g/mol. The third-order valence-electron chi connectivity index (χ3n) is 5.32. The first-order valence-corrected chi connectivity index (χ1v) is 12.5. The van der Waals surface area contributed by atoms with Crippen molar-refractivity contribution in [2.45, 2.75) is 28.7 Å². The van der Waals surface area contributed by atoms with Crippen LogP contribution in [0.25, 0.3) is 0 Å². The van der Waals surface area contributed by atoms with Gasteiger partial charge in [-0.15, -0.1) is 0 Å². The van der Waals surface area contributed by atoms with Gasteiger partial charge in [-0.3, -0.25) is 0 Å². The number of methoxy groups -OCH3 is 1. The van der Waals surface area contributed by atoms with Crippen molar-refractivity contribution in [3.05, 3.63) is 88.4 Å². The largest absolute Gasteiger partial charge is 1.00 e. The number of aryl methyl sites for hydroxylation is 1. The fraction of sp³-hybridized carbons (Fsp3) is 0.240. The number of hydrogen-bond acceptors (Lipinski definition) is 7. The van der Waals surface area contributed by atoms with Gasteiger partial charge >= 0.3 is 29.6 Å². The molecule has 0 heterocycles. The second kappa shape index (κ2) is 13.4. The van der Waals surface area contributed by atoms with E-state index >= 15 is 0 Å². The maximum absolute atomic E-state index is 12.9. The molecule has 0 fully saturated rings. The summed E-state index contributed by atoms with van der Waals surface area (Å²) in [6, 6.07) is 17.2. The van der Waals surface area contributed by atoms with Crippen molar-refractivity contribution in [2.24, 2.45) is 0 Å². The van der Waals surface area contributed by atoms with Gasteiger partial charge in [0, 0.05) is 17.1 Å². The van der Waals surface area contributed by atoms with Gasteiger partial charge in [-0.2, -0.15) is 0 Å². The summed E-state index contributed by atoms with van der Waals surface area (Å²) >= 11 is 5.95. The standard InChI is InChI=1S/C25H26ClNO6S.Na/c1-33-24-12-11-21(15-22(24)25(29)30)34(31,32)20-9-7-17(8-10-20)4-3-13-27-16-23(28)18-5-2-6-19(26)14-18;/h2,5-12,14-15,23,27-28H,3-4,13,16H2,1H3,(H,29,30);/q;+1/p-1/t23-;/m0./s1. The van der Waals surface area contributed by atoms with Crippen LogP contribution in [0.4, 0.5) is 0 Å². The number of carboxylic acids is 1. The summed E-state index contributed by atoms with van der Waals surface area (Å²) < 4.78 is 30.8. The van der Waals surface area contributed by atoms with Crippen LogP contribution in [0.3, 0.4) is 0 Å². The Morgan fingerprint density at radius 2 is 1.77 bits per heavy atom. The number of carboxylic acid groups (broad SMARTS) is 1. The van der Waals surface area contributed by atoms with Crippen molar-refractivity contribution in [2.75, 3.05) is 20.2 Å². The Morgan fingerprint density at radius 3 is 2.40 bits per heavy atom. The molecule has 7 nitrogen and oxygen atoms in total. The summed E-state index contributed by atoms with van der Waals surface area (Å²) in [7, 11) is -2.60. The molecular weight excluding hydrogens is 501 g/mol. The van der Waals surface area contributed by atoms with Crippen molar-refractivity contribution in [1.82, 2.24) is 5.32 Å². The smallest absolute Gasteiger partial charge is 0.545 e. The average molecular weight is 526 g/mol. The van der Waals surface area contributed by atoms with Crippen molar-refractivity contribution in [3.63, 3.8) is 0 Å². The van der Waals surface area contributed by atoms with Gasteiger partial charge in [0.15, 0.2) is 0 Å². The summed E-state index contributed by atoms with van der Waals surface area (Å²) in [5.74, 6) is -1.49. The Morgan fingerprint density at radius 1 is 1.09 bits per heavy atom. The van der Waals surface area contributed by atoms with E-state index in [-0.39, 0.29) is 50.7 Å². The van der Waals surface area contributed by atoms with E-state index in [0.717, 1.165) is 30.0 Å². The second-order valence-corrected chi connectivity index (χ2v) is 10.1. The normalized spacial score (nSPS) is 12.0. The zero-order valence-electron chi connectivity index (χ0n) is 19.5. The number of sulfone groups is 1. The molecule has 35 heavy (non-hydrogen) atoms. The molecule has 3 aromatic rings. The van der Waals surface area contributed by atoms with Gasteiger partial charge in [0.2, 0.25) is 9.84 Å². The van der Waals surface area contributed by atoms with E-state index in [1.54, 1.807) is 30.3 Å². The number of aliphatic hydroxyl groups is 1. The molecule has 0 aliphatic heterocycles. The van der Waals surface area contributed by atoms with Crippen LogP contribution in [-0.2, 0) is 16.3 Å². The van der Waals surface area contributed by atoms with Gasteiger partial charge in [-0.05, 0) is 73.0 Å². The summed E-state index contributed by atoms with van der Waals surface area (Å²) in [5, 5.41) is 25.3. The number of carbonyl (C=O) groups is 1. The third-order valence-corrected chi connectivity index (χ3v) is 7.33. The fourth-order valence-electron chi connectivity index (χ4n) is 3.47.